The van der Waals surface area contributed by atoms with Crippen molar-refractivity contribution in [3.8, 4) is 0 Å². The Kier molecular flexibility index (Phi) is 1.24. The summed E-state index contributed by atoms with van der Waals surface area (Å²) in [5, 5.41) is 0. The molecule has 0 unspecified atom stereocenters. The molecule has 3 aliphatic heterocycles. The zero-order valence-corrected chi connectivity index (χ0v) is 5.71. The second-order valence-corrected chi connectivity index (χ2v) is 3.28. The fourth-order valence-corrected chi connectivity index (χ4v) is 2.01. The van der Waals surface area contributed by atoms with Gasteiger partial charge in [0.1, 0.15) is 0 Å². The lowest BCUT2D eigenvalue weighted by atomic mass is 9.87. The Morgan fingerprint density at radius 2 is 1.89 bits per heavy atom. The predicted molar refractivity (Wildman–Crippen MR) is 36.9 cm³/mol. The van der Waals surface area contributed by atoms with Crippen molar-refractivity contribution in [2.24, 2.45) is 11.7 Å². The van der Waals surface area contributed by atoms with Gasteiger partial charge in [-0.1, -0.05) is 0 Å². The van der Waals surface area contributed by atoms with Crippen molar-refractivity contribution in [3.63, 3.8) is 0 Å². The molecule has 0 aliphatic carbocycles. The first-order chi connectivity index (χ1) is 4.36. The predicted octanol–water partition coefficient (Wildman–Crippen LogP) is 0.387. The monoisotopic (exact) mass is 126 g/mol. The average molecular weight is 126 g/mol. The Morgan fingerprint density at radius 3 is 2.11 bits per heavy atom. The van der Waals surface area contributed by atoms with Crippen LogP contribution in [0.15, 0.2) is 0 Å². The molecule has 0 aromatic heterocycles. The SMILES string of the molecule is N[C@@H]1CC2CCN1CC2. The Hall–Kier alpha value is -0.0800. The number of fused-ring (bicyclic) bond motifs is 3. The van der Waals surface area contributed by atoms with E-state index in [4.69, 9.17) is 5.73 Å². The van der Waals surface area contributed by atoms with E-state index in [0.29, 0.717) is 6.17 Å². The van der Waals surface area contributed by atoms with E-state index in [2.05, 4.69) is 4.90 Å². The summed E-state index contributed by atoms with van der Waals surface area (Å²) in [6.45, 7) is 2.51. The van der Waals surface area contributed by atoms with Gasteiger partial charge in [-0.05, 0) is 38.3 Å². The standard InChI is InChI=1S/C7H14N2/c8-7-5-6-1-3-9(7)4-2-6/h6-7H,1-5,8H2/t7-/m0/s1. The Bertz CT molecular complexity index is 105. The van der Waals surface area contributed by atoms with E-state index < -0.39 is 0 Å². The van der Waals surface area contributed by atoms with E-state index in [9.17, 15) is 0 Å². The van der Waals surface area contributed by atoms with Gasteiger partial charge in [-0.15, -0.1) is 0 Å². The molecule has 0 aromatic rings. The number of hydrogen-bond acceptors (Lipinski definition) is 2. The van der Waals surface area contributed by atoms with Crippen LogP contribution in [0.5, 0.6) is 0 Å². The number of rotatable bonds is 0. The third-order valence-corrected chi connectivity index (χ3v) is 2.69. The second kappa shape index (κ2) is 1.96. The van der Waals surface area contributed by atoms with Crippen LogP contribution in [-0.2, 0) is 0 Å². The summed E-state index contributed by atoms with van der Waals surface area (Å²) in [5.74, 6) is 0.963. The highest BCUT2D eigenvalue weighted by molar-refractivity contribution is 4.84. The molecular weight excluding hydrogens is 112 g/mol. The van der Waals surface area contributed by atoms with Gasteiger partial charge in [0, 0.05) is 0 Å². The molecule has 3 aliphatic rings. The van der Waals surface area contributed by atoms with Crippen LogP contribution < -0.4 is 5.73 Å². The summed E-state index contributed by atoms with van der Waals surface area (Å²) in [6, 6.07) is 0. The lowest BCUT2D eigenvalue weighted by Crippen LogP contribution is -2.52. The summed E-state index contributed by atoms with van der Waals surface area (Å²) in [4.78, 5) is 2.40. The van der Waals surface area contributed by atoms with Crippen molar-refractivity contribution >= 4 is 0 Å². The van der Waals surface area contributed by atoms with E-state index in [1.54, 1.807) is 0 Å². The van der Waals surface area contributed by atoms with Crippen molar-refractivity contribution in [2.45, 2.75) is 25.4 Å². The van der Waals surface area contributed by atoms with Gasteiger partial charge < -0.3 is 5.73 Å². The lowest BCUT2D eigenvalue weighted by molar-refractivity contribution is 0.0531. The van der Waals surface area contributed by atoms with Crippen molar-refractivity contribution < 1.29 is 0 Å². The van der Waals surface area contributed by atoms with Crippen LogP contribution in [0.25, 0.3) is 0 Å². The van der Waals surface area contributed by atoms with Crippen molar-refractivity contribution in [2.75, 3.05) is 13.1 Å². The molecule has 52 valence electrons. The molecule has 3 saturated heterocycles. The molecule has 0 amide bonds. The van der Waals surface area contributed by atoms with Crippen molar-refractivity contribution in [1.82, 2.24) is 4.90 Å². The van der Waals surface area contributed by atoms with E-state index in [1.165, 1.54) is 32.4 Å². The van der Waals surface area contributed by atoms with E-state index in [0.717, 1.165) is 5.92 Å². The molecule has 1 atom stereocenters. The molecule has 9 heavy (non-hydrogen) atoms. The van der Waals surface area contributed by atoms with Crippen LogP contribution in [0.2, 0.25) is 0 Å². The van der Waals surface area contributed by atoms with Gasteiger partial charge >= 0.3 is 0 Å². The highest BCUT2D eigenvalue weighted by Crippen LogP contribution is 2.29. The van der Waals surface area contributed by atoms with Gasteiger partial charge in [0.2, 0.25) is 0 Å². The Balaban J connectivity index is 2.06. The summed E-state index contributed by atoms with van der Waals surface area (Å²) in [5.41, 5.74) is 5.85. The van der Waals surface area contributed by atoms with Gasteiger partial charge in [-0.3, -0.25) is 4.90 Å². The third kappa shape index (κ3) is 0.864. The molecule has 0 radical (unpaired) electrons. The topological polar surface area (TPSA) is 29.3 Å². The maximum Gasteiger partial charge on any atom is 0.0574 e. The zero-order valence-electron chi connectivity index (χ0n) is 5.71. The summed E-state index contributed by atoms with van der Waals surface area (Å²) < 4.78 is 0. The number of nitrogens with two attached hydrogens (primary N) is 1. The number of hydrogen-bond donors (Lipinski definition) is 1. The van der Waals surface area contributed by atoms with Crippen LogP contribution in [0.1, 0.15) is 19.3 Å². The lowest BCUT2D eigenvalue weighted by Gasteiger charge is -2.43. The minimum absolute atomic E-state index is 0.400. The molecule has 2 bridgehead atoms. The van der Waals surface area contributed by atoms with Gasteiger partial charge in [0.05, 0.1) is 6.17 Å². The van der Waals surface area contributed by atoms with Crippen LogP contribution in [0, 0.1) is 5.92 Å². The van der Waals surface area contributed by atoms with Crippen LogP contribution in [0.4, 0.5) is 0 Å². The van der Waals surface area contributed by atoms with Crippen LogP contribution in [-0.4, -0.2) is 24.2 Å². The second-order valence-electron chi connectivity index (χ2n) is 3.28. The van der Waals surface area contributed by atoms with E-state index in [1.807, 2.05) is 0 Å². The fraction of sp³-hybridized carbons (Fsp3) is 1.00. The first-order valence-corrected chi connectivity index (χ1v) is 3.86. The maximum absolute atomic E-state index is 5.85. The quantitative estimate of drug-likeness (QED) is 0.508. The van der Waals surface area contributed by atoms with Gasteiger partial charge in [-0.25, -0.2) is 0 Å². The minimum atomic E-state index is 0.400. The number of nitrogens with zero attached hydrogens (tertiary/aromatic N) is 1. The molecule has 3 fully saturated rings. The highest BCUT2D eigenvalue weighted by atomic mass is 15.2. The number of piperidine rings is 3. The van der Waals surface area contributed by atoms with Crippen LogP contribution >= 0.6 is 0 Å². The van der Waals surface area contributed by atoms with E-state index in [-0.39, 0.29) is 0 Å². The first kappa shape index (κ1) is 5.69. The molecule has 2 N–H and O–H groups in total. The largest absolute Gasteiger partial charge is 0.316 e. The van der Waals surface area contributed by atoms with Crippen molar-refractivity contribution in [1.29, 1.82) is 0 Å². The molecule has 0 spiro atoms. The molecule has 2 heteroatoms. The van der Waals surface area contributed by atoms with Crippen molar-refractivity contribution in [3.05, 3.63) is 0 Å². The molecule has 3 rings (SSSR count). The Labute approximate surface area is 56.0 Å². The smallest absolute Gasteiger partial charge is 0.0574 e. The maximum atomic E-state index is 5.85. The summed E-state index contributed by atoms with van der Waals surface area (Å²) in [7, 11) is 0. The fourth-order valence-electron chi connectivity index (χ4n) is 2.01. The summed E-state index contributed by atoms with van der Waals surface area (Å²) in [6.07, 6.45) is 4.44. The zero-order chi connectivity index (χ0) is 6.27. The first-order valence-electron chi connectivity index (χ1n) is 3.86. The molecule has 2 nitrogen and oxygen atoms in total. The third-order valence-electron chi connectivity index (χ3n) is 2.69. The van der Waals surface area contributed by atoms with Gasteiger partial charge in [-0.2, -0.15) is 0 Å². The van der Waals surface area contributed by atoms with Crippen LogP contribution in [0.3, 0.4) is 0 Å². The minimum Gasteiger partial charge on any atom is -0.316 e. The summed E-state index contributed by atoms with van der Waals surface area (Å²) >= 11 is 0. The van der Waals surface area contributed by atoms with Gasteiger partial charge in [0.25, 0.3) is 0 Å². The van der Waals surface area contributed by atoms with Gasteiger partial charge in [0.15, 0.2) is 0 Å². The molecule has 3 heterocycles. The average Bonchev–Trinajstić information content (AvgIpc) is 1.90. The normalized spacial score (nSPS) is 49.7. The van der Waals surface area contributed by atoms with E-state index >= 15 is 0 Å². The Morgan fingerprint density at radius 1 is 1.22 bits per heavy atom. The molecule has 0 saturated carbocycles. The molecular formula is C7H14N2. The molecule has 0 aromatic carbocycles. The highest BCUT2D eigenvalue weighted by Gasteiger charge is 2.30.